The molecule has 108 valence electrons. The lowest BCUT2D eigenvalue weighted by Gasteiger charge is -2.12. The number of esters is 1. The Morgan fingerprint density at radius 2 is 1.86 bits per heavy atom. The van der Waals surface area contributed by atoms with E-state index in [1.54, 1.807) is 0 Å². The first-order chi connectivity index (χ1) is 9.88. The van der Waals surface area contributed by atoms with Crippen LogP contribution in [0.4, 0.5) is 10.1 Å². The van der Waals surface area contributed by atoms with E-state index < -0.39 is 11.8 Å². The van der Waals surface area contributed by atoms with E-state index in [1.165, 1.54) is 13.0 Å². The summed E-state index contributed by atoms with van der Waals surface area (Å²) in [5, 5.41) is 0. The Hall–Kier alpha value is -2.27. The zero-order valence-electron chi connectivity index (χ0n) is 11.6. The normalized spacial score (nSPS) is 10.2. The van der Waals surface area contributed by atoms with Crippen LogP contribution in [-0.2, 0) is 4.79 Å². The lowest BCUT2D eigenvalue weighted by Crippen LogP contribution is -2.10. The summed E-state index contributed by atoms with van der Waals surface area (Å²) in [5.74, 6) is -1.16. The van der Waals surface area contributed by atoms with Gasteiger partial charge in [-0.2, -0.15) is 0 Å². The van der Waals surface area contributed by atoms with Crippen LogP contribution in [0.15, 0.2) is 36.4 Å². The van der Waals surface area contributed by atoms with Gasteiger partial charge in [0.15, 0.2) is 5.75 Å². The Labute approximate surface area is 127 Å². The summed E-state index contributed by atoms with van der Waals surface area (Å²) in [6.45, 7) is 3.19. The first-order valence-electron chi connectivity index (χ1n) is 6.27. The molecule has 0 aliphatic carbocycles. The van der Waals surface area contributed by atoms with Crippen LogP contribution in [0.2, 0.25) is 0 Å². The molecule has 2 N–H and O–H groups in total. The maximum Gasteiger partial charge on any atom is 0.308 e. The molecule has 0 bridgehead atoms. The van der Waals surface area contributed by atoms with Crippen LogP contribution in [0.3, 0.4) is 0 Å². The molecule has 0 aliphatic rings. The number of benzene rings is 2. The maximum atomic E-state index is 13.7. The molecule has 2 aromatic rings. The molecule has 3 nitrogen and oxygen atoms in total. The second-order valence-corrected chi connectivity index (χ2v) is 5.06. The van der Waals surface area contributed by atoms with Crippen molar-refractivity contribution in [3.05, 3.63) is 58.9 Å². The number of hydrogen-bond acceptors (Lipinski definition) is 4. The third kappa shape index (κ3) is 3.44. The number of ether oxygens (including phenoxy) is 1. The molecule has 0 aliphatic heterocycles. The lowest BCUT2D eigenvalue weighted by atomic mass is 10.0. The van der Waals surface area contributed by atoms with E-state index in [1.807, 2.05) is 31.2 Å². The van der Waals surface area contributed by atoms with Gasteiger partial charge in [0.25, 0.3) is 0 Å². The van der Waals surface area contributed by atoms with E-state index in [9.17, 15) is 9.18 Å². The summed E-state index contributed by atoms with van der Waals surface area (Å²) in [4.78, 5) is 11.4. The van der Waals surface area contributed by atoms with Crippen molar-refractivity contribution < 1.29 is 13.9 Å². The number of nitrogen functional groups attached to an aromatic ring is 1. The van der Waals surface area contributed by atoms with Gasteiger partial charge in [-0.25, -0.2) is 4.39 Å². The van der Waals surface area contributed by atoms with Gasteiger partial charge < -0.3 is 10.5 Å². The zero-order chi connectivity index (χ0) is 15.6. The summed E-state index contributed by atoms with van der Waals surface area (Å²) in [7, 11) is 0. The number of carbonyl (C=O) groups is 1. The fraction of sp³-hybridized carbons (Fsp3) is 0.125. The minimum absolute atomic E-state index is 0.0213. The number of thiocarbonyl (C=S) groups is 1. The Bertz CT molecular complexity index is 711. The summed E-state index contributed by atoms with van der Waals surface area (Å²) < 4.78 is 18.6. The highest BCUT2D eigenvalue weighted by molar-refractivity contribution is 7.81. The second kappa shape index (κ2) is 6.01. The van der Waals surface area contributed by atoms with E-state index >= 15 is 0 Å². The van der Waals surface area contributed by atoms with Crippen LogP contribution >= 0.6 is 12.2 Å². The van der Waals surface area contributed by atoms with Crippen LogP contribution in [0.5, 0.6) is 5.75 Å². The summed E-state index contributed by atoms with van der Waals surface area (Å²) >= 11 is 5.36. The molecule has 5 heteroatoms. The molecule has 21 heavy (non-hydrogen) atoms. The number of nitrogens with two attached hydrogens (primary N) is 1. The quantitative estimate of drug-likeness (QED) is 0.310. The smallest absolute Gasteiger partial charge is 0.308 e. The van der Waals surface area contributed by atoms with Gasteiger partial charge in [0.1, 0.15) is 5.82 Å². The number of carbonyl (C=O) groups excluding carboxylic acids is 1. The van der Waals surface area contributed by atoms with E-state index in [-0.39, 0.29) is 11.4 Å². The molecule has 0 fully saturated rings. The van der Waals surface area contributed by atoms with Gasteiger partial charge in [-0.15, -0.1) is 0 Å². The topological polar surface area (TPSA) is 52.3 Å². The van der Waals surface area contributed by atoms with Gasteiger partial charge in [0.05, 0.1) is 10.6 Å². The Morgan fingerprint density at radius 1 is 1.24 bits per heavy atom. The Morgan fingerprint density at radius 3 is 2.43 bits per heavy atom. The minimum atomic E-state index is -0.570. The van der Waals surface area contributed by atoms with Crippen molar-refractivity contribution in [2.75, 3.05) is 5.73 Å². The first kappa shape index (κ1) is 15.1. The van der Waals surface area contributed by atoms with E-state index in [2.05, 4.69) is 0 Å². The molecular formula is C16H14FNO2S. The van der Waals surface area contributed by atoms with Gasteiger partial charge in [-0.1, -0.05) is 42.0 Å². The number of rotatable bonds is 3. The van der Waals surface area contributed by atoms with Crippen molar-refractivity contribution >= 4 is 28.7 Å². The van der Waals surface area contributed by atoms with E-state index in [0.717, 1.165) is 17.2 Å². The second-order valence-electron chi connectivity index (χ2n) is 4.65. The monoisotopic (exact) mass is 303 g/mol. The molecule has 2 aromatic carbocycles. The summed E-state index contributed by atoms with van der Waals surface area (Å²) in [5.41, 5.74) is 8.27. The molecule has 0 spiro atoms. The average Bonchev–Trinajstić information content (AvgIpc) is 2.42. The molecule has 0 radical (unpaired) electrons. The predicted molar refractivity (Wildman–Crippen MR) is 84.1 cm³/mol. The van der Waals surface area contributed by atoms with Crippen molar-refractivity contribution in [3.63, 3.8) is 0 Å². The van der Waals surface area contributed by atoms with Gasteiger partial charge in [0, 0.05) is 18.6 Å². The highest BCUT2D eigenvalue weighted by Gasteiger charge is 2.15. The maximum absolute atomic E-state index is 13.7. The first-order valence-corrected chi connectivity index (χ1v) is 6.68. The van der Waals surface area contributed by atoms with Crippen molar-refractivity contribution in [2.24, 2.45) is 0 Å². The third-order valence-electron chi connectivity index (χ3n) is 2.92. The lowest BCUT2D eigenvalue weighted by molar-refractivity contribution is -0.131. The van der Waals surface area contributed by atoms with Gasteiger partial charge in [-0.3, -0.25) is 4.79 Å². The SMILES string of the molecule is CC(=O)Oc1cc(F)cc(C(=S)c2ccc(C)cc2)c1N. The van der Waals surface area contributed by atoms with Crippen molar-refractivity contribution in [2.45, 2.75) is 13.8 Å². The molecule has 0 aromatic heterocycles. The molecule has 0 heterocycles. The van der Waals surface area contributed by atoms with E-state index in [4.69, 9.17) is 22.7 Å². The van der Waals surface area contributed by atoms with Crippen LogP contribution in [-0.4, -0.2) is 10.8 Å². The molecule has 0 amide bonds. The molecule has 0 unspecified atom stereocenters. The van der Waals surface area contributed by atoms with Crippen molar-refractivity contribution in [1.29, 1.82) is 0 Å². The molecule has 0 atom stereocenters. The van der Waals surface area contributed by atoms with Crippen LogP contribution in [0.1, 0.15) is 23.6 Å². The average molecular weight is 303 g/mol. The number of aryl methyl sites for hydroxylation is 1. The van der Waals surface area contributed by atoms with Crippen molar-refractivity contribution in [3.8, 4) is 5.75 Å². The minimum Gasteiger partial charge on any atom is -0.424 e. The van der Waals surface area contributed by atoms with Gasteiger partial charge >= 0.3 is 5.97 Å². The highest BCUT2D eigenvalue weighted by Crippen LogP contribution is 2.29. The molecular weight excluding hydrogens is 289 g/mol. The number of halogens is 1. The Kier molecular flexibility index (Phi) is 4.33. The van der Waals surface area contributed by atoms with Crippen molar-refractivity contribution in [1.82, 2.24) is 0 Å². The fourth-order valence-corrected chi connectivity index (χ4v) is 2.19. The summed E-state index contributed by atoms with van der Waals surface area (Å²) in [6, 6.07) is 9.80. The van der Waals surface area contributed by atoms with Crippen LogP contribution in [0.25, 0.3) is 0 Å². The number of hydrogen-bond donors (Lipinski definition) is 1. The molecule has 2 rings (SSSR count). The van der Waals surface area contributed by atoms with E-state index in [0.29, 0.717) is 10.4 Å². The zero-order valence-corrected chi connectivity index (χ0v) is 12.5. The summed E-state index contributed by atoms with van der Waals surface area (Å²) in [6.07, 6.45) is 0. The van der Waals surface area contributed by atoms with Crippen LogP contribution < -0.4 is 10.5 Å². The fourth-order valence-electron chi connectivity index (χ4n) is 1.88. The largest absolute Gasteiger partial charge is 0.424 e. The third-order valence-corrected chi connectivity index (χ3v) is 3.37. The highest BCUT2D eigenvalue weighted by atomic mass is 32.1. The van der Waals surface area contributed by atoms with Crippen LogP contribution in [0, 0.1) is 12.7 Å². The standard InChI is InChI=1S/C16H14FNO2S/c1-9-3-5-11(6-4-9)16(21)13-7-12(17)8-14(15(13)18)20-10(2)19/h3-8H,18H2,1-2H3. The van der Waals surface area contributed by atoms with Gasteiger partial charge in [-0.05, 0) is 18.6 Å². The number of anilines is 1. The Balaban J connectivity index is 2.47. The molecule has 0 saturated carbocycles. The van der Waals surface area contributed by atoms with Gasteiger partial charge in [0.2, 0.25) is 0 Å². The predicted octanol–water partition coefficient (Wildman–Crippen LogP) is 3.41. The molecule has 0 saturated heterocycles.